The Hall–Kier alpha value is -0.820. The second-order valence-electron chi connectivity index (χ2n) is 2.48. The maximum atomic E-state index is 5.89. The van der Waals surface area contributed by atoms with E-state index in [1.807, 2.05) is 12.1 Å². The summed E-state index contributed by atoms with van der Waals surface area (Å²) in [5, 5.41) is 0.730. The van der Waals surface area contributed by atoms with Crippen molar-refractivity contribution in [3.05, 3.63) is 34.9 Å². The quantitative estimate of drug-likeness (QED) is 0.635. The Bertz CT molecular complexity index is 268. The van der Waals surface area contributed by atoms with E-state index in [2.05, 4.69) is 18.0 Å². The van der Waals surface area contributed by atoms with E-state index in [0.717, 1.165) is 23.6 Å². The minimum absolute atomic E-state index is 0.730. The third kappa shape index (κ3) is 2.67. The Balaban J connectivity index is 2.68. The lowest BCUT2D eigenvalue weighted by Crippen LogP contribution is -1.84. The van der Waals surface area contributed by atoms with Gasteiger partial charge in [-0.2, -0.15) is 0 Å². The van der Waals surface area contributed by atoms with Gasteiger partial charge in [0.25, 0.3) is 0 Å². The number of benzene rings is 1. The van der Waals surface area contributed by atoms with Crippen molar-refractivity contribution in [3.8, 4) is 0 Å². The molecule has 0 N–H and O–H groups in total. The highest BCUT2D eigenvalue weighted by Gasteiger charge is 1.92. The van der Waals surface area contributed by atoms with Gasteiger partial charge in [-0.15, -0.1) is 0 Å². The molecule has 1 radical (unpaired) electrons. The summed E-state index contributed by atoms with van der Waals surface area (Å²) in [6, 6.07) is 8.39. The lowest BCUT2D eigenvalue weighted by Gasteiger charge is -1.94. The predicted octanol–water partition coefficient (Wildman–Crippen LogP) is 2.97. The first kappa shape index (κ1) is 9.27. The Morgan fingerprint density at radius 3 is 3.17 bits per heavy atom. The van der Waals surface area contributed by atoms with Crippen molar-refractivity contribution in [2.45, 2.75) is 13.3 Å². The standard InChI is InChI=1S/C10H11ClN/c1-2-7-12-8-9-5-3-4-6-10(9)11/h4-6,8H,2,7H2,1H3. The number of halogens is 1. The van der Waals surface area contributed by atoms with Crippen LogP contribution < -0.4 is 0 Å². The molecule has 0 fully saturated rings. The van der Waals surface area contributed by atoms with E-state index in [-0.39, 0.29) is 0 Å². The normalized spacial score (nSPS) is 10.8. The average Bonchev–Trinajstić information content (AvgIpc) is 2.09. The van der Waals surface area contributed by atoms with Gasteiger partial charge in [0, 0.05) is 23.3 Å². The molecule has 0 atom stereocenters. The third-order valence-corrected chi connectivity index (χ3v) is 1.77. The summed E-state index contributed by atoms with van der Waals surface area (Å²) in [4.78, 5) is 4.19. The van der Waals surface area contributed by atoms with Gasteiger partial charge in [0.05, 0.1) is 0 Å². The van der Waals surface area contributed by atoms with E-state index in [4.69, 9.17) is 11.6 Å². The van der Waals surface area contributed by atoms with Crippen LogP contribution in [-0.2, 0) is 0 Å². The summed E-state index contributed by atoms with van der Waals surface area (Å²) in [6.07, 6.45) is 2.85. The first-order chi connectivity index (χ1) is 5.84. The second kappa shape index (κ2) is 4.94. The number of hydrogen-bond acceptors (Lipinski definition) is 1. The molecule has 0 spiro atoms. The fraction of sp³-hybridized carbons (Fsp3) is 0.300. The van der Waals surface area contributed by atoms with Gasteiger partial charge < -0.3 is 0 Å². The van der Waals surface area contributed by atoms with E-state index in [1.54, 1.807) is 12.3 Å². The second-order valence-corrected chi connectivity index (χ2v) is 2.89. The van der Waals surface area contributed by atoms with E-state index < -0.39 is 0 Å². The van der Waals surface area contributed by atoms with Crippen molar-refractivity contribution < 1.29 is 0 Å². The molecule has 0 aromatic heterocycles. The molecule has 1 rings (SSSR count). The third-order valence-electron chi connectivity index (χ3n) is 1.42. The van der Waals surface area contributed by atoms with Gasteiger partial charge in [-0.3, -0.25) is 4.99 Å². The zero-order chi connectivity index (χ0) is 8.81. The molecule has 0 aliphatic heterocycles. The van der Waals surface area contributed by atoms with E-state index in [0.29, 0.717) is 0 Å². The van der Waals surface area contributed by atoms with Crippen LogP contribution in [0.1, 0.15) is 18.9 Å². The molecule has 0 heterocycles. The van der Waals surface area contributed by atoms with Crippen molar-refractivity contribution in [1.82, 2.24) is 0 Å². The van der Waals surface area contributed by atoms with Crippen LogP contribution in [0.4, 0.5) is 0 Å². The molecule has 0 amide bonds. The largest absolute Gasteiger partial charge is 0.293 e. The molecule has 0 bridgehead atoms. The van der Waals surface area contributed by atoms with Crippen LogP contribution in [-0.4, -0.2) is 12.8 Å². The number of rotatable bonds is 3. The molecule has 0 saturated carbocycles. The van der Waals surface area contributed by atoms with Crippen LogP contribution in [0.2, 0.25) is 5.02 Å². The maximum Gasteiger partial charge on any atom is 0.0494 e. The number of aliphatic imine (C=N–C) groups is 1. The zero-order valence-electron chi connectivity index (χ0n) is 7.05. The van der Waals surface area contributed by atoms with Crippen LogP contribution >= 0.6 is 11.6 Å². The summed E-state index contributed by atoms with van der Waals surface area (Å²) >= 11 is 5.89. The molecule has 0 saturated heterocycles. The molecule has 0 unspecified atom stereocenters. The molecule has 2 heteroatoms. The van der Waals surface area contributed by atoms with Gasteiger partial charge in [0.2, 0.25) is 0 Å². The van der Waals surface area contributed by atoms with Crippen LogP contribution in [0.25, 0.3) is 0 Å². The van der Waals surface area contributed by atoms with Crippen molar-refractivity contribution in [2.24, 2.45) is 4.99 Å². The minimum atomic E-state index is 0.730. The lowest BCUT2D eigenvalue weighted by molar-refractivity contribution is 0.937. The monoisotopic (exact) mass is 180 g/mol. The van der Waals surface area contributed by atoms with Gasteiger partial charge in [-0.05, 0) is 24.6 Å². The van der Waals surface area contributed by atoms with Gasteiger partial charge in [-0.1, -0.05) is 24.6 Å². The summed E-state index contributed by atoms with van der Waals surface area (Å²) in [6.45, 7) is 2.95. The first-order valence-electron chi connectivity index (χ1n) is 4.00. The van der Waals surface area contributed by atoms with Crippen LogP contribution in [0.3, 0.4) is 0 Å². The molecular weight excluding hydrogens is 170 g/mol. The molecular formula is C10H11ClN. The number of nitrogens with zero attached hydrogens (tertiary/aromatic N) is 1. The maximum absolute atomic E-state index is 5.89. The Morgan fingerprint density at radius 2 is 2.50 bits per heavy atom. The minimum Gasteiger partial charge on any atom is -0.293 e. The van der Waals surface area contributed by atoms with E-state index >= 15 is 0 Å². The van der Waals surface area contributed by atoms with Crippen LogP contribution in [0.5, 0.6) is 0 Å². The van der Waals surface area contributed by atoms with Crippen molar-refractivity contribution in [1.29, 1.82) is 0 Å². The Labute approximate surface area is 78.1 Å². The van der Waals surface area contributed by atoms with E-state index in [1.165, 1.54) is 0 Å². The fourth-order valence-corrected chi connectivity index (χ4v) is 0.982. The Morgan fingerprint density at radius 1 is 1.67 bits per heavy atom. The topological polar surface area (TPSA) is 12.4 Å². The molecule has 0 aliphatic carbocycles. The smallest absolute Gasteiger partial charge is 0.0494 e. The molecule has 1 aromatic carbocycles. The summed E-state index contributed by atoms with van der Waals surface area (Å²) in [5.41, 5.74) is 0.938. The van der Waals surface area contributed by atoms with Gasteiger partial charge in [0.15, 0.2) is 0 Å². The van der Waals surface area contributed by atoms with Crippen molar-refractivity contribution in [2.75, 3.05) is 6.54 Å². The van der Waals surface area contributed by atoms with Crippen molar-refractivity contribution in [3.63, 3.8) is 0 Å². The lowest BCUT2D eigenvalue weighted by atomic mass is 10.2. The van der Waals surface area contributed by atoms with Gasteiger partial charge in [0.1, 0.15) is 0 Å². The fourth-order valence-electron chi connectivity index (χ4n) is 0.815. The molecule has 63 valence electrons. The zero-order valence-corrected chi connectivity index (χ0v) is 7.80. The highest BCUT2D eigenvalue weighted by molar-refractivity contribution is 6.33. The summed E-state index contributed by atoms with van der Waals surface area (Å²) < 4.78 is 0. The SMILES string of the molecule is CCCN=Cc1c[c]ccc1Cl. The van der Waals surface area contributed by atoms with Gasteiger partial charge in [-0.25, -0.2) is 0 Å². The van der Waals surface area contributed by atoms with Crippen LogP contribution in [0, 0.1) is 6.07 Å². The molecule has 0 aliphatic rings. The first-order valence-corrected chi connectivity index (χ1v) is 4.38. The molecule has 1 nitrogen and oxygen atoms in total. The highest BCUT2D eigenvalue weighted by atomic mass is 35.5. The van der Waals surface area contributed by atoms with Gasteiger partial charge >= 0.3 is 0 Å². The number of hydrogen-bond donors (Lipinski definition) is 0. The Kier molecular flexibility index (Phi) is 3.81. The highest BCUT2D eigenvalue weighted by Crippen LogP contribution is 2.11. The molecule has 12 heavy (non-hydrogen) atoms. The molecule has 1 aromatic rings. The van der Waals surface area contributed by atoms with Crippen LogP contribution in [0.15, 0.2) is 23.2 Å². The average molecular weight is 181 g/mol. The summed E-state index contributed by atoms with van der Waals surface area (Å²) in [7, 11) is 0. The summed E-state index contributed by atoms with van der Waals surface area (Å²) in [5.74, 6) is 0. The van der Waals surface area contributed by atoms with E-state index in [9.17, 15) is 0 Å². The predicted molar refractivity (Wildman–Crippen MR) is 53.0 cm³/mol. The van der Waals surface area contributed by atoms with Crippen molar-refractivity contribution >= 4 is 17.8 Å².